The van der Waals surface area contributed by atoms with Crippen LogP contribution in [0.15, 0.2) is 5.16 Å². The van der Waals surface area contributed by atoms with E-state index in [9.17, 15) is 4.79 Å². The lowest BCUT2D eigenvalue weighted by Crippen LogP contribution is -2.49. The minimum Gasteiger partial charge on any atom is -0.409 e. The second-order valence-corrected chi connectivity index (χ2v) is 6.36. The molecular weight excluding hydrogens is 218 g/mol. The molecule has 0 bridgehead atoms. The highest BCUT2D eigenvalue weighted by Crippen LogP contribution is 2.26. The van der Waals surface area contributed by atoms with E-state index in [0.29, 0.717) is 0 Å². The average Bonchev–Trinajstić information content (AvgIpc) is 2.10. The van der Waals surface area contributed by atoms with Crippen molar-refractivity contribution in [3.8, 4) is 0 Å². The normalized spacial score (nSPS) is 15.5. The van der Waals surface area contributed by atoms with E-state index >= 15 is 0 Å². The number of nitrogens with one attached hydrogen (secondary N) is 1. The first-order valence-corrected chi connectivity index (χ1v) is 5.78. The molecule has 0 saturated heterocycles. The first-order chi connectivity index (χ1) is 7.48. The lowest BCUT2D eigenvalue weighted by molar-refractivity contribution is -0.124. The molecule has 4 N–H and O–H groups in total. The summed E-state index contributed by atoms with van der Waals surface area (Å²) in [5.41, 5.74) is 5.20. The van der Waals surface area contributed by atoms with Gasteiger partial charge in [-0.2, -0.15) is 0 Å². The maximum Gasteiger partial charge on any atom is 0.230 e. The number of nitrogens with two attached hydrogens (primary N) is 1. The van der Waals surface area contributed by atoms with Gasteiger partial charge in [0.15, 0.2) is 5.84 Å². The average molecular weight is 243 g/mol. The van der Waals surface area contributed by atoms with Gasteiger partial charge in [0.2, 0.25) is 5.91 Å². The van der Waals surface area contributed by atoms with Gasteiger partial charge in [-0.25, -0.2) is 0 Å². The molecule has 0 rings (SSSR count). The van der Waals surface area contributed by atoms with Crippen molar-refractivity contribution in [3.63, 3.8) is 0 Å². The third kappa shape index (κ3) is 6.14. The fourth-order valence-corrected chi connectivity index (χ4v) is 2.03. The summed E-state index contributed by atoms with van der Waals surface area (Å²) in [6.45, 7) is 11.9. The molecule has 5 heteroatoms. The number of amides is 1. The Kier molecular flexibility index (Phi) is 4.98. The monoisotopic (exact) mass is 243 g/mol. The van der Waals surface area contributed by atoms with E-state index in [1.54, 1.807) is 6.92 Å². The maximum atomic E-state index is 11.9. The van der Waals surface area contributed by atoms with Crippen LogP contribution in [0.25, 0.3) is 0 Å². The van der Waals surface area contributed by atoms with Crippen LogP contribution in [0, 0.1) is 11.3 Å². The second kappa shape index (κ2) is 5.38. The van der Waals surface area contributed by atoms with E-state index in [1.807, 2.05) is 13.8 Å². The van der Waals surface area contributed by atoms with E-state index in [2.05, 4.69) is 31.2 Å². The van der Waals surface area contributed by atoms with Gasteiger partial charge in [-0.3, -0.25) is 4.79 Å². The zero-order valence-electron chi connectivity index (χ0n) is 11.7. The van der Waals surface area contributed by atoms with Gasteiger partial charge < -0.3 is 16.3 Å². The molecule has 0 aromatic rings. The van der Waals surface area contributed by atoms with Gasteiger partial charge >= 0.3 is 0 Å². The molecule has 1 atom stereocenters. The van der Waals surface area contributed by atoms with Crippen LogP contribution < -0.4 is 11.1 Å². The number of amidine groups is 1. The fourth-order valence-electron chi connectivity index (χ4n) is 2.03. The van der Waals surface area contributed by atoms with E-state index in [-0.39, 0.29) is 22.7 Å². The van der Waals surface area contributed by atoms with Gasteiger partial charge in [-0.05, 0) is 32.6 Å². The summed E-state index contributed by atoms with van der Waals surface area (Å²) >= 11 is 0. The lowest BCUT2D eigenvalue weighted by atomic mass is 9.81. The van der Waals surface area contributed by atoms with Crippen LogP contribution in [-0.4, -0.2) is 22.5 Å². The van der Waals surface area contributed by atoms with E-state index in [0.717, 1.165) is 6.42 Å². The van der Waals surface area contributed by atoms with Gasteiger partial charge in [0, 0.05) is 5.54 Å². The standard InChI is InChI=1S/C12H25N3O2/c1-8(9(13)15-17)10(16)14-12(5,6)7-11(2,3)4/h8,17H,7H2,1-6H3,(H2,13,15)(H,14,16). The highest BCUT2D eigenvalue weighted by molar-refractivity contribution is 6.01. The molecule has 0 aromatic carbocycles. The number of hydrogen-bond donors (Lipinski definition) is 3. The number of carbonyl (C=O) groups excluding carboxylic acids is 1. The van der Waals surface area contributed by atoms with Gasteiger partial charge in [0.25, 0.3) is 0 Å². The summed E-state index contributed by atoms with van der Waals surface area (Å²) in [7, 11) is 0. The van der Waals surface area contributed by atoms with Crippen LogP contribution in [0.4, 0.5) is 0 Å². The SMILES string of the molecule is CC(C(=O)NC(C)(C)CC(C)(C)C)C(N)=NO. The van der Waals surface area contributed by atoms with E-state index in [1.165, 1.54) is 0 Å². The molecule has 0 heterocycles. The number of oxime groups is 1. The first kappa shape index (κ1) is 15.7. The summed E-state index contributed by atoms with van der Waals surface area (Å²) < 4.78 is 0. The lowest BCUT2D eigenvalue weighted by Gasteiger charge is -2.34. The fraction of sp³-hybridized carbons (Fsp3) is 0.833. The molecule has 0 spiro atoms. The van der Waals surface area contributed by atoms with Crippen LogP contribution in [0.3, 0.4) is 0 Å². The Morgan fingerprint density at radius 2 is 1.82 bits per heavy atom. The van der Waals surface area contributed by atoms with Gasteiger partial charge in [-0.1, -0.05) is 25.9 Å². The third-order valence-electron chi connectivity index (χ3n) is 2.39. The number of carbonyl (C=O) groups is 1. The largest absolute Gasteiger partial charge is 0.409 e. The Bertz CT molecular complexity index is 303. The molecule has 1 amide bonds. The van der Waals surface area contributed by atoms with Crippen molar-refractivity contribution in [3.05, 3.63) is 0 Å². The van der Waals surface area contributed by atoms with Crippen molar-refractivity contribution in [2.45, 2.75) is 53.5 Å². The van der Waals surface area contributed by atoms with Crippen LogP contribution in [0.2, 0.25) is 0 Å². The van der Waals surface area contributed by atoms with Crippen molar-refractivity contribution in [1.29, 1.82) is 0 Å². The third-order valence-corrected chi connectivity index (χ3v) is 2.39. The Hall–Kier alpha value is -1.26. The molecule has 0 saturated carbocycles. The van der Waals surface area contributed by atoms with Gasteiger partial charge in [0.1, 0.15) is 0 Å². The van der Waals surface area contributed by atoms with Crippen molar-refractivity contribution in [1.82, 2.24) is 5.32 Å². The molecule has 0 aliphatic heterocycles. The Morgan fingerprint density at radius 1 is 1.35 bits per heavy atom. The van der Waals surface area contributed by atoms with Crippen LogP contribution in [0.5, 0.6) is 0 Å². The van der Waals surface area contributed by atoms with Crippen molar-refractivity contribution >= 4 is 11.7 Å². The number of rotatable bonds is 4. The quantitative estimate of drug-likeness (QED) is 0.304. The molecule has 0 aliphatic carbocycles. The van der Waals surface area contributed by atoms with E-state index in [4.69, 9.17) is 10.9 Å². The number of nitrogens with zero attached hydrogens (tertiary/aromatic N) is 1. The number of hydrogen-bond acceptors (Lipinski definition) is 3. The molecule has 17 heavy (non-hydrogen) atoms. The Morgan fingerprint density at radius 3 is 2.18 bits per heavy atom. The van der Waals surface area contributed by atoms with E-state index < -0.39 is 5.92 Å². The van der Waals surface area contributed by atoms with Crippen LogP contribution in [-0.2, 0) is 4.79 Å². The summed E-state index contributed by atoms with van der Waals surface area (Å²) in [4.78, 5) is 11.9. The smallest absolute Gasteiger partial charge is 0.230 e. The Balaban J connectivity index is 4.57. The predicted octanol–water partition coefficient (Wildman–Crippen LogP) is 1.70. The van der Waals surface area contributed by atoms with Crippen LogP contribution >= 0.6 is 0 Å². The summed E-state index contributed by atoms with van der Waals surface area (Å²) in [5.74, 6) is -0.928. The van der Waals surface area contributed by atoms with Crippen molar-refractivity contribution < 1.29 is 10.0 Å². The highest BCUT2D eigenvalue weighted by Gasteiger charge is 2.29. The minimum atomic E-state index is -0.626. The highest BCUT2D eigenvalue weighted by atomic mass is 16.4. The Labute approximate surface area is 103 Å². The molecule has 0 radical (unpaired) electrons. The molecule has 1 unspecified atom stereocenters. The molecule has 0 aliphatic rings. The molecule has 100 valence electrons. The zero-order valence-corrected chi connectivity index (χ0v) is 11.7. The predicted molar refractivity (Wildman–Crippen MR) is 68.9 cm³/mol. The summed E-state index contributed by atoms with van der Waals surface area (Å²) in [6, 6.07) is 0. The van der Waals surface area contributed by atoms with Crippen molar-refractivity contribution in [2.24, 2.45) is 22.2 Å². The van der Waals surface area contributed by atoms with Crippen molar-refractivity contribution in [2.75, 3.05) is 0 Å². The van der Waals surface area contributed by atoms with Gasteiger partial charge in [-0.15, -0.1) is 0 Å². The first-order valence-electron chi connectivity index (χ1n) is 5.78. The molecule has 0 aromatic heterocycles. The summed E-state index contributed by atoms with van der Waals surface area (Å²) in [6.07, 6.45) is 0.842. The summed E-state index contributed by atoms with van der Waals surface area (Å²) in [5, 5.41) is 14.3. The maximum absolute atomic E-state index is 11.9. The minimum absolute atomic E-state index is 0.0749. The molecular formula is C12H25N3O2. The molecule has 0 fully saturated rings. The topological polar surface area (TPSA) is 87.7 Å². The van der Waals surface area contributed by atoms with Gasteiger partial charge in [0.05, 0.1) is 5.92 Å². The zero-order chi connectivity index (χ0) is 13.9. The second-order valence-electron chi connectivity index (χ2n) is 6.36. The van der Waals surface area contributed by atoms with Crippen LogP contribution in [0.1, 0.15) is 48.0 Å². The molecule has 5 nitrogen and oxygen atoms in total.